The molecule has 0 bridgehead atoms. The van der Waals surface area contributed by atoms with Crippen molar-refractivity contribution in [3.63, 3.8) is 0 Å². The molecule has 1 aliphatic carbocycles. The van der Waals surface area contributed by atoms with E-state index < -0.39 is 0 Å². The van der Waals surface area contributed by atoms with Crippen molar-refractivity contribution in [1.29, 1.82) is 0 Å². The Kier molecular flexibility index (Phi) is 4.34. The number of piperazine rings is 1. The van der Waals surface area contributed by atoms with Gasteiger partial charge in [0.05, 0.1) is 12.8 Å². The topological polar surface area (TPSA) is 61.5 Å². The molecule has 1 aromatic carbocycles. The van der Waals surface area contributed by atoms with Gasteiger partial charge in [0.25, 0.3) is 5.56 Å². The quantitative estimate of drug-likeness (QED) is 0.926. The van der Waals surface area contributed by atoms with Crippen LogP contribution in [0.5, 0.6) is 5.75 Å². The van der Waals surface area contributed by atoms with Gasteiger partial charge in [0.15, 0.2) is 0 Å². The average Bonchev–Trinajstić information content (AvgIpc) is 2.68. The summed E-state index contributed by atoms with van der Waals surface area (Å²) in [4.78, 5) is 24.6. The van der Waals surface area contributed by atoms with Gasteiger partial charge >= 0.3 is 0 Å². The zero-order chi connectivity index (χ0) is 17.2. The van der Waals surface area contributed by atoms with Crippen molar-refractivity contribution in [3.8, 4) is 5.75 Å². The number of aromatic nitrogens is 2. The third kappa shape index (κ3) is 3.21. The first kappa shape index (κ1) is 16.0. The Morgan fingerprint density at radius 2 is 1.68 bits per heavy atom. The van der Waals surface area contributed by atoms with E-state index in [-0.39, 0.29) is 5.56 Å². The van der Waals surface area contributed by atoms with E-state index in [1.807, 2.05) is 12.1 Å². The fraction of sp³-hybridized carbons (Fsp3) is 0.474. The third-order valence-electron chi connectivity index (χ3n) is 5.20. The van der Waals surface area contributed by atoms with Crippen molar-refractivity contribution in [2.45, 2.75) is 25.7 Å². The number of H-pyrrole nitrogens is 1. The Hall–Kier alpha value is -2.50. The summed E-state index contributed by atoms with van der Waals surface area (Å²) in [6, 6.07) is 8.16. The van der Waals surface area contributed by atoms with E-state index in [2.05, 4.69) is 26.9 Å². The number of methoxy groups -OCH3 is 1. The Labute approximate surface area is 147 Å². The van der Waals surface area contributed by atoms with Crippen molar-refractivity contribution >= 4 is 11.6 Å². The number of benzene rings is 1. The molecule has 1 aromatic heterocycles. The van der Waals surface area contributed by atoms with Crippen LogP contribution in [0.3, 0.4) is 0 Å². The third-order valence-corrected chi connectivity index (χ3v) is 5.20. The molecule has 2 heterocycles. The van der Waals surface area contributed by atoms with Crippen molar-refractivity contribution < 1.29 is 4.74 Å². The van der Waals surface area contributed by atoms with E-state index in [0.717, 1.165) is 74.8 Å². The van der Waals surface area contributed by atoms with Crippen LogP contribution >= 0.6 is 0 Å². The standard InChI is InChI=1S/C19H24N4O2/c1-25-15-8-6-14(7-9-15)22-10-12-23(13-11-22)19-20-17-5-3-2-4-16(17)18(24)21-19/h6-9H,2-5,10-13H2,1H3,(H,20,21,24). The average molecular weight is 340 g/mol. The number of fused-ring (bicyclic) bond motifs is 1. The first-order valence-electron chi connectivity index (χ1n) is 9.00. The molecular weight excluding hydrogens is 316 g/mol. The lowest BCUT2D eigenvalue weighted by atomic mass is 9.97. The summed E-state index contributed by atoms with van der Waals surface area (Å²) in [6.07, 6.45) is 4.02. The molecular formula is C19H24N4O2. The Bertz CT molecular complexity index is 792. The van der Waals surface area contributed by atoms with Crippen LogP contribution in [0, 0.1) is 0 Å². The Balaban J connectivity index is 1.46. The van der Waals surface area contributed by atoms with Crippen molar-refractivity contribution in [2.75, 3.05) is 43.1 Å². The lowest BCUT2D eigenvalue weighted by Crippen LogP contribution is -2.47. The van der Waals surface area contributed by atoms with Crippen molar-refractivity contribution in [3.05, 3.63) is 45.9 Å². The van der Waals surface area contributed by atoms with Crippen LogP contribution in [0.2, 0.25) is 0 Å². The summed E-state index contributed by atoms with van der Waals surface area (Å²) in [6.45, 7) is 3.53. The Morgan fingerprint density at radius 3 is 2.40 bits per heavy atom. The first-order chi connectivity index (χ1) is 12.2. The molecule has 1 saturated heterocycles. The number of rotatable bonds is 3. The normalized spacial score (nSPS) is 17.3. The minimum atomic E-state index is 0.0530. The van der Waals surface area contributed by atoms with E-state index in [1.54, 1.807) is 7.11 Å². The van der Waals surface area contributed by atoms with Gasteiger partial charge < -0.3 is 14.5 Å². The predicted octanol–water partition coefficient (Wildman–Crippen LogP) is 1.98. The molecule has 25 heavy (non-hydrogen) atoms. The second kappa shape index (κ2) is 6.78. The molecule has 1 aliphatic heterocycles. The smallest absolute Gasteiger partial charge is 0.255 e. The highest BCUT2D eigenvalue weighted by Gasteiger charge is 2.22. The van der Waals surface area contributed by atoms with E-state index in [9.17, 15) is 4.79 Å². The highest BCUT2D eigenvalue weighted by molar-refractivity contribution is 5.50. The van der Waals surface area contributed by atoms with Crippen LogP contribution < -0.4 is 20.1 Å². The van der Waals surface area contributed by atoms with Gasteiger partial charge in [0.1, 0.15) is 5.75 Å². The molecule has 0 spiro atoms. The number of aromatic amines is 1. The molecule has 6 heteroatoms. The van der Waals surface area contributed by atoms with Gasteiger partial charge in [-0.3, -0.25) is 9.78 Å². The van der Waals surface area contributed by atoms with Crippen LogP contribution in [0.4, 0.5) is 11.6 Å². The van der Waals surface area contributed by atoms with Crippen LogP contribution in [-0.2, 0) is 12.8 Å². The lowest BCUT2D eigenvalue weighted by Gasteiger charge is -2.36. The Morgan fingerprint density at radius 1 is 1.00 bits per heavy atom. The summed E-state index contributed by atoms with van der Waals surface area (Å²) in [7, 11) is 1.68. The van der Waals surface area contributed by atoms with E-state index >= 15 is 0 Å². The number of nitrogens with zero attached hydrogens (tertiary/aromatic N) is 3. The van der Waals surface area contributed by atoms with Gasteiger partial charge in [0.2, 0.25) is 5.95 Å². The van der Waals surface area contributed by atoms with Gasteiger partial charge in [-0.05, 0) is 49.9 Å². The minimum absolute atomic E-state index is 0.0530. The van der Waals surface area contributed by atoms with E-state index in [4.69, 9.17) is 9.72 Å². The molecule has 0 amide bonds. The molecule has 1 fully saturated rings. The van der Waals surface area contributed by atoms with Gasteiger partial charge in [-0.15, -0.1) is 0 Å². The zero-order valence-corrected chi connectivity index (χ0v) is 14.6. The molecule has 0 atom stereocenters. The second-order valence-electron chi connectivity index (χ2n) is 6.69. The second-order valence-corrected chi connectivity index (χ2v) is 6.69. The molecule has 0 unspecified atom stereocenters. The summed E-state index contributed by atoms with van der Waals surface area (Å²) >= 11 is 0. The number of anilines is 2. The minimum Gasteiger partial charge on any atom is -0.497 e. The number of aryl methyl sites for hydroxylation is 1. The monoisotopic (exact) mass is 340 g/mol. The molecule has 6 nitrogen and oxygen atoms in total. The summed E-state index contributed by atoms with van der Waals surface area (Å²) < 4.78 is 5.22. The maximum atomic E-state index is 12.3. The predicted molar refractivity (Wildman–Crippen MR) is 98.9 cm³/mol. The summed E-state index contributed by atoms with van der Waals surface area (Å²) in [5.41, 5.74) is 3.15. The fourth-order valence-corrected chi connectivity index (χ4v) is 3.71. The molecule has 0 radical (unpaired) electrons. The fourth-order valence-electron chi connectivity index (χ4n) is 3.71. The summed E-state index contributed by atoms with van der Waals surface area (Å²) in [5, 5.41) is 0. The van der Waals surface area contributed by atoms with Gasteiger partial charge in [-0.1, -0.05) is 0 Å². The van der Waals surface area contributed by atoms with Gasteiger partial charge in [-0.2, -0.15) is 0 Å². The molecule has 0 saturated carbocycles. The van der Waals surface area contributed by atoms with Crippen LogP contribution in [0.15, 0.2) is 29.1 Å². The number of nitrogens with one attached hydrogen (secondary N) is 1. The first-order valence-corrected chi connectivity index (χ1v) is 9.00. The van der Waals surface area contributed by atoms with Crippen molar-refractivity contribution in [1.82, 2.24) is 9.97 Å². The number of hydrogen-bond donors (Lipinski definition) is 1. The van der Waals surface area contributed by atoms with E-state index in [0.29, 0.717) is 0 Å². The number of hydrogen-bond acceptors (Lipinski definition) is 5. The van der Waals surface area contributed by atoms with Crippen LogP contribution in [0.1, 0.15) is 24.1 Å². The summed E-state index contributed by atoms with van der Waals surface area (Å²) in [5.74, 6) is 1.61. The van der Waals surface area contributed by atoms with Crippen LogP contribution in [0.25, 0.3) is 0 Å². The molecule has 1 N–H and O–H groups in total. The lowest BCUT2D eigenvalue weighted by molar-refractivity contribution is 0.415. The van der Waals surface area contributed by atoms with E-state index in [1.165, 1.54) is 5.69 Å². The van der Waals surface area contributed by atoms with Crippen LogP contribution in [-0.4, -0.2) is 43.3 Å². The zero-order valence-electron chi connectivity index (χ0n) is 14.6. The molecule has 132 valence electrons. The SMILES string of the molecule is COc1ccc(N2CCN(c3nc4c(c(=O)[nH]3)CCCC4)CC2)cc1. The largest absolute Gasteiger partial charge is 0.497 e. The maximum Gasteiger partial charge on any atom is 0.255 e. The number of ether oxygens (including phenoxy) is 1. The highest BCUT2D eigenvalue weighted by atomic mass is 16.5. The van der Waals surface area contributed by atoms with Gasteiger partial charge in [-0.25, -0.2) is 4.98 Å². The molecule has 2 aromatic rings. The molecule has 4 rings (SSSR count). The van der Waals surface area contributed by atoms with Crippen molar-refractivity contribution in [2.24, 2.45) is 0 Å². The highest BCUT2D eigenvalue weighted by Crippen LogP contribution is 2.22. The molecule has 2 aliphatic rings. The van der Waals surface area contributed by atoms with Gasteiger partial charge in [0, 0.05) is 37.4 Å². The maximum absolute atomic E-state index is 12.3.